The van der Waals surface area contributed by atoms with E-state index in [9.17, 15) is 13.2 Å². The molecule has 2 rings (SSSR count). The summed E-state index contributed by atoms with van der Waals surface area (Å²) in [5.41, 5.74) is -1.08. The van der Waals surface area contributed by atoms with Crippen LogP contribution in [0.1, 0.15) is 54.4 Å². The Hall–Kier alpha value is -0.420. The maximum atomic E-state index is 13.4. The maximum absolute atomic E-state index is 13.4. The van der Waals surface area contributed by atoms with Gasteiger partial charge in [0, 0.05) is 0 Å². The van der Waals surface area contributed by atoms with E-state index in [0.717, 1.165) is 6.42 Å². The van der Waals surface area contributed by atoms with E-state index in [0.29, 0.717) is 30.1 Å². The zero-order valence-corrected chi connectivity index (χ0v) is 26.3. The van der Waals surface area contributed by atoms with E-state index < -0.39 is 26.8 Å². The molecule has 0 aromatic heterocycles. The lowest BCUT2D eigenvalue weighted by molar-refractivity contribution is -0.144. The average molecular weight is 734 g/mol. The second-order valence-electron chi connectivity index (χ2n) is 8.78. The standard InChI is InChI=1S/C23H26Br4O5S/c1-7-22(3,4)21(28)31-19-15(24)9-13(10-16(19)25)33(29,30)14-11-17(26)20(18(27)12-14)32-23(5,6)8-2/h9-12H,7-8H2,1-6H3. The molecule has 5 nitrogen and oxygen atoms in total. The van der Waals surface area contributed by atoms with Crippen LogP contribution in [-0.2, 0) is 14.6 Å². The highest BCUT2D eigenvalue weighted by Gasteiger charge is 2.30. The van der Waals surface area contributed by atoms with Crippen LogP contribution in [0.5, 0.6) is 11.5 Å². The van der Waals surface area contributed by atoms with Crippen LogP contribution in [0, 0.1) is 5.41 Å². The van der Waals surface area contributed by atoms with Crippen molar-refractivity contribution >= 4 is 79.5 Å². The molecule has 0 aliphatic rings. The van der Waals surface area contributed by atoms with Crippen molar-refractivity contribution in [2.75, 3.05) is 0 Å². The molecule has 0 saturated heterocycles. The number of sulfone groups is 1. The number of benzene rings is 2. The minimum absolute atomic E-state index is 0.0390. The van der Waals surface area contributed by atoms with Gasteiger partial charge in [0.05, 0.1) is 33.1 Å². The van der Waals surface area contributed by atoms with Gasteiger partial charge in [0.25, 0.3) is 0 Å². The molecular formula is C23H26Br4O5S. The highest BCUT2D eigenvalue weighted by molar-refractivity contribution is 9.11. The molecule has 182 valence electrons. The first-order valence-corrected chi connectivity index (χ1v) is 14.9. The van der Waals surface area contributed by atoms with Crippen molar-refractivity contribution in [2.24, 2.45) is 5.41 Å². The van der Waals surface area contributed by atoms with E-state index in [1.807, 2.05) is 27.7 Å². The number of hydrogen-bond donors (Lipinski definition) is 0. The van der Waals surface area contributed by atoms with Gasteiger partial charge in [0.15, 0.2) is 5.75 Å². The Balaban J connectivity index is 2.48. The monoisotopic (exact) mass is 730 g/mol. The molecule has 0 saturated carbocycles. The van der Waals surface area contributed by atoms with Crippen molar-refractivity contribution in [1.29, 1.82) is 0 Å². The largest absolute Gasteiger partial charge is 0.486 e. The molecular weight excluding hydrogens is 708 g/mol. The van der Waals surface area contributed by atoms with E-state index in [2.05, 4.69) is 63.7 Å². The molecule has 0 unspecified atom stereocenters. The minimum Gasteiger partial charge on any atom is -0.486 e. The molecule has 0 radical (unpaired) electrons. The van der Waals surface area contributed by atoms with Gasteiger partial charge in [-0.05, 0) is 129 Å². The Morgan fingerprint density at radius 2 is 1.18 bits per heavy atom. The number of carbonyl (C=O) groups excluding carboxylic acids is 1. The molecule has 33 heavy (non-hydrogen) atoms. The third-order valence-electron chi connectivity index (χ3n) is 5.43. The first-order chi connectivity index (χ1) is 15.1. The molecule has 2 aromatic carbocycles. The van der Waals surface area contributed by atoms with E-state index in [4.69, 9.17) is 9.47 Å². The highest BCUT2D eigenvalue weighted by atomic mass is 79.9. The van der Waals surface area contributed by atoms with Gasteiger partial charge in [0.1, 0.15) is 11.4 Å². The summed E-state index contributed by atoms with van der Waals surface area (Å²) in [6, 6.07) is 5.88. The molecule has 0 bridgehead atoms. The molecule has 0 N–H and O–H groups in total. The lowest BCUT2D eigenvalue weighted by Crippen LogP contribution is -2.28. The van der Waals surface area contributed by atoms with Crippen molar-refractivity contribution in [3.8, 4) is 11.5 Å². The van der Waals surface area contributed by atoms with Gasteiger partial charge in [-0.1, -0.05) is 13.8 Å². The SMILES string of the molecule is CCC(C)(C)Oc1c(Br)cc(S(=O)(=O)c2cc(Br)c(OC(=O)C(C)(C)CC)c(Br)c2)cc1Br. The normalized spacial score (nSPS) is 12.5. The van der Waals surface area contributed by atoms with Crippen LogP contribution >= 0.6 is 63.7 Å². The van der Waals surface area contributed by atoms with Crippen LogP contribution in [-0.4, -0.2) is 20.0 Å². The summed E-state index contributed by atoms with van der Waals surface area (Å²) in [4.78, 5) is 12.6. The summed E-state index contributed by atoms with van der Waals surface area (Å²) in [7, 11) is -3.89. The Bertz CT molecular complexity index is 1130. The Kier molecular flexibility index (Phi) is 9.33. The molecule has 0 amide bonds. The van der Waals surface area contributed by atoms with Gasteiger partial charge >= 0.3 is 5.97 Å². The molecule has 0 spiro atoms. The smallest absolute Gasteiger partial charge is 0.316 e. The summed E-state index contributed by atoms with van der Waals surface area (Å²) in [5.74, 6) is 0.359. The number of esters is 1. The third kappa shape index (κ3) is 6.63. The average Bonchev–Trinajstić information content (AvgIpc) is 2.72. The summed E-state index contributed by atoms with van der Waals surface area (Å²) in [5, 5.41) is 0. The summed E-state index contributed by atoms with van der Waals surface area (Å²) < 4.78 is 40.1. The van der Waals surface area contributed by atoms with Crippen LogP contribution in [0.2, 0.25) is 0 Å². The second kappa shape index (κ2) is 10.7. The molecule has 2 aromatic rings. The number of carbonyl (C=O) groups is 1. The van der Waals surface area contributed by atoms with Gasteiger partial charge in [-0.15, -0.1) is 0 Å². The van der Waals surface area contributed by atoms with Crippen LogP contribution < -0.4 is 9.47 Å². The van der Waals surface area contributed by atoms with Gasteiger partial charge in [-0.3, -0.25) is 4.79 Å². The zero-order chi connectivity index (χ0) is 25.4. The first kappa shape index (κ1) is 28.8. The van der Waals surface area contributed by atoms with Gasteiger partial charge in [0.2, 0.25) is 9.84 Å². The predicted octanol–water partition coefficient (Wildman–Crippen LogP) is 8.48. The fourth-order valence-electron chi connectivity index (χ4n) is 2.44. The summed E-state index contributed by atoms with van der Waals surface area (Å²) in [6.07, 6.45) is 1.38. The fraction of sp³-hybridized carbons (Fsp3) is 0.435. The number of hydrogen-bond acceptors (Lipinski definition) is 5. The molecule has 0 aliphatic carbocycles. The minimum atomic E-state index is -3.89. The molecule has 0 heterocycles. The Morgan fingerprint density at radius 3 is 1.55 bits per heavy atom. The van der Waals surface area contributed by atoms with E-state index in [1.165, 1.54) is 24.3 Å². The van der Waals surface area contributed by atoms with Crippen LogP contribution in [0.3, 0.4) is 0 Å². The number of rotatable bonds is 8. The zero-order valence-electron chi connectivity index (χ0n) is 19.2. The second-order valence-corrected chi connectivity index (χ2v) is 14.1. The Labute approximate surface area is 229 Å². The molecule has 0 fully saturated rings. The van der Waals surface area contributed by atoms with Crippen LogP contribution in [0.15, 0.2) is 51.9 Å². The van der Waals surface area contributed by atoms with Crippen LogP contribution in [0.4, 0.5) is 0 Å². The van der Waals surface area contributed by atoms with E-state index in [1.54, 1.807) is 13.8 Å². The first-order valence-electron chi connectivity index (χ1n) is 10.2. The van der Waals surface area contributed by atoms with Gasteiger partial charge in [-0.2, -0.15) is 0 Å². The lowest BCUT2D eigenvalue weighted by atomic mass is 9.91. The van der Waals surface area contributed by atoms with Gasteiger partial charge in [-0.25, -0.2) is 8.42 Å². The number of halogens is 4. The number of ether oxygens (including phenoxy) is 2. The van der Waals surface area contributed by atoms with Crippen molar-refractivity contribution < 1.29 is 22.7 Å². The van der Waals surface area contributed by atoms with Crippen molar-refractivity contribution in [3.63, 3.8) is 0 Å². The van der Waals surface area contributed by atoms with Gasteiger partial charge < -0.3 is 9.47 Å². The van der Waals surface area contributed by atoms with E-state index in [-0.39, 0.29) is 15.5 Å². The highest BCUT2D eigenvalue weighted by Crippen LogP contribution is 2.42. The summed E-state index contributed by atoms with van der Waals surface area (Å²) in [6.45, 7) is 11.4. The lowest BCUT2D eigenvalue weighted by Gasteiger charge is -2.26. The van der Waals surface area contributed by atoms with Crippen LogP contribution in [0.25, 0.3) is 0 Å². The van der Waals surface area contributed by atoms with E-state index >= 15 is 0 Å². The quantitative estimate of drug-likeness (QED) is 0.201. The van der Waals surface area contributed by atoms with Crippen molar-refractivity contribution in [1.82, 2.24) is 0 Å². The molecule has 0 atom stereocenters. The fourth-order valence-corrected chi connectivity index (χ4v) is 7.11. The van der Waals surface area contributed by atoms with Crippen molar-refractivity contribution in [3.05, 3.63) is 42.2 Å². The topological polar surface area (TPSA) is 69.7 Å². The Morgan fingerprint density at radius 1 is 0.788 bits per heavy atom. The molecule has 0 aliphatic heterocycles. The third-order valence-corrected chi connectivity index (χ3v) is 9.49. The van der Waals surface area contributed by atoms with Crippen molar-refractivity contribution in [2.45, 2.75) is 69.8 Å². The maximum Gasteiger partial charge on any atom is 0.316 e. The summed E-state index contributed by atoms with van der Waals surface area (Å²) >= 11 is 13.6. The predicted molar refractivity (Wildman–Crippen MR) is 144 cm³/mol. The molecule has 10 heteroatoms.